The van der Waals surface area contributed by atoms with Crippen molar-refractivity contribution >= 4 is 0 Å². The van der Waals surface area contributed by atoms with Crippen LogP contribution in [0.3, 0.4) is 0 Å². The molecule has 0 amide bonds. The van der Waals surface area contributed by atoms with Crippen LogP contribution >= 0.6 is 0 Å². The summed E-state index contributed by atoms with van der Waals surface area (Å²) in [5, 5.41) is 0. The van der Waals surface area contributed by atoms with E-state index >= 15 is 0 Å². The van der Waals surface area contributed by atoms with Crippen LogP contribution < -0.4 is 10.5 Å². The second-order valence-corrected chi connectivity index (χ2v) is 4.34. The molecule has 2 rings (SSSR count). The first kappa shape index (κ1) is 14.0. The summed E-state index contributed by atoms with van der Waals surface area (Å²) in [6, 6.07) is 8.68. The largest absolute Gasteiger partial charge is 0.494 e. The minimum Gasteiger partial charge on any atom is -0.494 e. The molecular formula is C15H25NO. The van der Waals surface area contributed by atoms with Crippen LogP contribution in [0, 0.1) is 0 Å². The summed E-state index contributed by atoms with van der Waals surface area (Å²) in [7, 11) is 1.50. The van der Waals surface area contributed by atoms with Gasteiger partial charge in [0.25, 0.3) is 0 Å². The van der Waals surface area contributed by atoms with Crippen molar-refractivity contribution in [1.82, 2.24) is 0 Å². The van der Waals surface area contributed by atoms with Crippen molar-refractivity contribution in [3.8, 4) is 5.75 Å². The molecule has 1 fully saturated rings. The lowest BCUT2D eigenvalue weighted by Crippen LogP contribution is -2.04. The summed E-state index contributed by atoms with van der Waals surface area (Å²) in [6.07, 6.45) is 6.96. The first-order valence-corrected chi connectivity index (χ1v) is 6.70. The highest BCUT2D eigenvalue weighted by molar-refractivity contribution is 5.29. The molecule has 0 aromatic heterocycles. The molecule has 96 valence electrons. The van der Waals surface area contributed by atoms with Crippen LogP contribution in [0.4, 0.5) is 0 Å². The Hall–Kier alpha value is -1.02. The lowest BCUT2D eigenvalue weighted by atomic mass is 9.84. The first-order chi connectivity index (χ1) is 8.40. The van der Waals surface area contributed by atoms with Gasteiger partial charge < -0.3 is 10.5 Å². The number of rotatable bonds is 3. The molecule has 0 radical (unpaired) electrons. The van der Waals surface area contributed by atoms with Crippen LogP contribution in [-0.4, -0.2) is 13.7 Å². The Morgan fingerprint density at radius 1 is 1.06 bits per heavy atom. The molecule has 2 nitrogen and oxygen atoms in total. The van der Waals surface area contributed by atoms with Gasteiger partial charge in [0.05, 0.1) is 6.61 Å². The predicted octanol–water partition coefficient (Wildman–Crippen LogP) is 3.71. The highest BCUT2D eigenvalue weighted by Gasteiger charge is 2.14. The molecule has 1 saturated carbocycles. The Kier molecular flexibility index (Phi) is 6.71. The SMILES string of the molecule is CCOc1ccc(C2CCCCC2)cc1.CN. The Morgan fingerprint density at radius 2 is 1.65 bits per heavy atom. The van der Waals surface area contributed by atoms with Crippen molar-refractivity contribution in [2.75, 3.05) is 13.7 Å². The van der Waals surface area contributed by atoms with Crippen LogP contribution in [0.15, 0.2) is 24.3 Å². The van der Waals surface area contributed by atoms with Gasteiger partial charge in [-0.1, -0.05) is 31.4 Å². The molecule has 1 aromatic carbocycles. The third-order valence-electron chi connectivity index (χ3n) is 3.27. The average Bonchev–Trinajstić information content (AvgIpc) is 2.43. The van der Waals surface area contributed by atoms with Gasteiger partial charge in [0.2, 0.25) is 0 Å². The van der Waals surface area contributed by atoms with Crippen LogP contribution in [-0.2, 0) is 0 Å². The van der Waals surface area contributed by atoms with Gasteiger partial charge in [0.15, 0.2) is 0 Å². The third kappa shape index (κ3) is 4.39. The van der Waals surface area contributed by atoms with E-state index in [1.807, 2.05) is 6.92 Å². The first-order valence-electron chi connectivity index (χ1n) is 6.70. The number of benzene rings is 1. The molecule has 1 aromatic rings. The van der Waals surface area contributed by atoms with Gasteiger partial charge in [-0.15, -0.1) is 0 Å². The van der Waals surface area contributed by atoms with E-state index in [2.05, 4.69) is 30.0 Å². The summed E-state index contributed by atoms with van der Waals surface area (Å²) in [6.45, 7) is 2.78. The zero-order valence-electron chi connectivity index (χ0n) is 11.1. The molecular weight excluding hydrogens is 210 g/mol. The molecule has 0 aliphatic heterocycles. The maximum atomic E-state index is 5.45. The Bertz CT molecular complexity index is 288. The van der Waals surface area contributed by atoms with E-state index in [1.54, 1.807) is 0 Å². The summed E-state index contributed by atoms with van der Waals surface area (Å²) in [5.74, 6) is 1.80. The minimum atomic E-state index is 0.753. The van der Waals surface area contributed by atoms with E-state index in [1.165, 1.54) is 44.7 Å². The zero-order chi connectivity index (χ0) is 12.5. The average molecular weight is 235 g/mol. The fourth-order valence-electron chi connectivity index (χ4n) is 2.44. The topological polar surface area (TPSA) is 35.2 Å². The fraction of sp³-hybridized carbons (Fsp3) is 0.600. The van der Waals surface area contributed by atoms with Gasteiger partial charge in [0, 0.05) is 0 Å². The van der Waals surface area contributed by atoms with Crippen molar-refractivity contribution in [2.24, 2.45) is 5.73 Å². The van der Waals surface area contributed by atoms with E-state index in [-0.39, 0.29) is 0 Å². The van der Waals surface area contributed by atoms with Gasteiger partial charge in [-0.3, -0.25) is 0 Å². The molecule has 0 bridgehead atoms. The monoisotopic (exact) mass is 235 g/mol. The molecule has 1 aliphatic rings. The normalized spacial score (nSPS) is 15.9. The quantitative estimate of drug-likeness (QED) is 0.867. The molecule has 0 atom stereocenters. The van der Waals surface area contributed by atoms with E-state index in [4.69, 9.17) is 4.74 Å². The molecule has 17 heavy (non-hydrogen) atoms. The minimum absolute atomic E-state index is 0.753. The predicted molar refractivity (Wildman–Crippen MR) is 73.5 cm³/mol. The molecule has 0 unspecified atom stereocenters. The summed E-state index contributed by atoms with van der Waals surface area (Å²) < 4.78 is 5.45. The van der Waals surface area contributed by atoms with Crippen molar-refractivity contribution in [3.63, 3.8) is 0 Å². The molecule has 0 saturated heterocycles. The van der Waals surface area contributed by atoms with E-state index in [0.29, 0.717) is 0 Å². The van der Waals surface area contributed by atoms with E-state index < -0.39 is 0 Å². The lowest BCUT2D eigenvalue weighted by molar-refractivity contribution is 0.340. The summed E-state index contributed by atoms with van der Waals surface area (Å²) >= 11 is 0. The number of nitrogens with two attached hydrogens (primary N) is 1. The molecule has 1 aliphatic carbocycles. The van der Waals surface area contributed by atoms with Crippen molar-refractivity contribution in [3.05, 3.63) is 29.8 Å². The second-order valence-electron chi connectivity index (χ2n) is 4.34. The van der Waals surface area contributed by atoms with Gasteiger partial charge in [-0.2, -0.15) is 0 Å². The Labute approximate surface area is 105 Å². The van der Waals surface area contributed by atoms with Crippen LogP contribution in [0.25, 0.3) is 0 Å². The zero-order valence-corrected chi connectivity index (χ0v) is 11.1. The number of hydrogen-bond donors (Lipinski definition) is 1. The van der Waals surface area contributed by atoms with Crippen LogP contribution in [0.5, 0.6) is 5.75 Å². The lowest BCUT2D eigenvalue weighted by Gasteiger charge is -2.22. The van der Waals surface area contributed by atoms with Crippen LogP contribution in [0.1, 0.15) is 50.5 Å². The van der Waals surface area contributed by atoms with Crippen LogP contribution in [0.2, 0.25) is 0 Å². The van der Waals surface area contributed by atoms with Crippen molar-refractivity contribution in [2.45, 2.75) is 44.9 Å². The summed E-state index contributed by atoms with van der Waals surface area (Å²) in [5.41, 5.74) is 6.00. The summed E-state index contributed by atoms with van der Waals surface area (Å²) in [4.78, 5) is 0. The van der Waals surface area contributed by atoms with Gasteiger partial charge in [0.1, 0.15) is 5.75 Å². The molecule has 2 heteroatoms. The van der Waals surface area contributed by atoms with Crippen molar-refractivity contribution < 1.29 is 4.74 Å². The van der Waals surface area contributed by atoms with E-state index in [9.17, 15) is 0 Å². The molecule has 0 heterocycles. The maximum absolute atomic E-state index is 5.45. The van der Waals surface area contributed by atoms with Gasteiger partial charge >= 0.3 is 0 Å². The molecule has 0 spiro atoms. The fourth-order valence-corrected chi connectivity index (χ4v) is 2.44. The standard InChI is InChI=1S/C14H20O.CH5N/c1-2-15-14-10-8-13(9-11-14)12-6-4-3-5-7-12;1-2/h8-12H,2-7H2,1H3;2H2,1H3. The molecule has 2 N–H and O–H groups in total. The van der Waals surface area contributed by atoms with Gasteiger partial charge in [-0.25, -0.2) is 0 Å². The number of hydrogen-bond acceptors (Lipinski definition) is 2. The smallest absolute Gasteiger partial charge is 0.119 e. The highest BCUT2D eigenvalue weighted by Crippen LogP contribution is 2.33. The highest BCUT2D eigenvalue weighted by atomic mass is 16.5. The van der Waals surface area contributed by atoms with Gasteiger partial charge in [-0.05, 0) is 50.4 Å². The third-order valence-corrected chi connectivity index (χ3v) is 3.27. The van der Waals surface area contributed by atoms with E-state index in [0.717, 1.165) is 18.3 Å². The second kappa shape index (κ2) is 8.13. The Morgan fingerprint density at radius 3 is 2.18 bits per heavy atom. The number of ether oxygens (including phenoxy) is 1. The maximum Gasteiger partial charge on any atom is 0.119 e. The van der Waals surface area contributed by atoms with Crippen molar-refractivity contribution in [1.29, 1.82) is 0 Å². The Balaban J connectivity index is 0.000000686.